The molecule has 1 aromatic carbocycles. The molecule has 1 saturated heterocycles. The molecule has 29 heavy (non-hydrogen) atoms. The monoisotopic (exact) mass is 471 g/mol. The number of thiophene rings is 1. The van der Waals surface area contributed by atoms with Crippen LogP contribution in [0.25, 0.3) is 10.2 Å². The van der Waals surface area contributed by atoms with Crippen LogP contribution in [0.3, 0.4) is 0 Å². The van der Waals surface area contributed by atoms with Gasteiger partial charge in [-0.3, -0.25) is 4.79 Å². The molecule has 0 aliphatic carbocycles. The van der Waals surface area contributed by atoms with Gasteiger partial charge in [0.2, 0.25) is 5.91 Å². The van der Waals surface area contributed by atoms with Crippen LogP contribution in [0, 0.1) is 5.92 Å². The third-order valence-electron chi connectivity index (χ3n) is 4.73. The lowest BCUT2D eigenvalue weighted by Crippen LogP contribution is -2.43. The summed E-state index contributed by atoms with van der Waals surface area (Å²) in [5, 5.41) is 3.31. The van der Waals surface area contributed by atoms with Gasteiger partial charge in [0.1, 0.15) is 15.5 Å². The zero-order chi connectivity index (χ0) is 20.6. The highest BCUT2D eigenvalue weighted by atomic mass is 35.5. The summed E-state index contributed by atoms with van der Waals surface area (Å²) in [6.07, 6.45) is 1.24. The number of para-hydroxylation sites is 1. The highest BCUT2D eigenvalue weighted by molar-refractivity contribution is 7.91. The molecular formula is C18H18ClN3O4S3. The fourth-order valence-corrected chi connectivity index (χ4v) is 7.33. The molecule has 1 unspecified atom stereocenters. The van der Waals surface area contributed by atoms with Crippen LogP contribution in [-0.4, -0.2) is 43.8 Å². The van der Waals surface area contributed by atoms with Crippen LogP contribution in [0.4, 0.5) is 5.13 Å². The van der Waals surface area contributed by atoms with Crippen LogP contribution < -0.4 is 10.1 Å². The number of carbonyl (C=O) groups excluding carboxylic acids is 1. The number of halogens is 1. The lowest BCUT2D eigenvalue weighted by Gasteiger charge is -2.30. The van der Waals surface area contributed by atoms with Crippen LogP contribution in [0.15, 0.2) is 34.5 Å². The summed E-state index contributed by atoms with van der Waals surface area (Å²) in [6.45, 7) is 0.526. The summed E-state index contributed by atoms with van der Waals surface area (Å²) < 4.78 is 33.9. The van der Waals surface area contributed by atoms with Crippen molar-refractivity contribution in [3.8, 4) is 5.75 Å². The molecular weight excluding hydrogens is 454 g/mol. The minimum Gasteiger partial charge on any atom is -0.494 e. The predicted octanol–water partition coefficient (Wildman–Crippen LogP) is 4.06. The lowest BCUT2D eigenvalue weighted by molar-refractivity contribution is -0.120. The van der Waals surface area contributed by atoms with E-state index in [9.17, 15) is 13.2 Å². The maximum Gasteiger partial charge on any atom is 0.252 e. The number of hydrogen-bond acceptors (Lipinski definition) is 7. The number of sulfonamides is 1. The predicted molar refractivity (Wildman–Crippen MR) is 116 cm³/mol. The molecule has 3 heterocycles. The molecule has 0 radical (unpaired) electrons. The van der Waals surface area contributed by atoms with Crippen LogP contribution >= 0.6 is 34.3 Å². The number of nitrogens with zero attached hydrogens (tertiary/aromatic N) is 2. The summed E-state index contributed by atoms with van der Waals surface area (Å²) >= 11 is 8.27. The zero-order valence-corrected chi connectivity index (χ0v) is 18.6. The first kappa shape index (κ1) is 20.5. The minimum atomic E-state index is -3.65. The van der Waals surface area contributed by atoms with Crippen molar-refractivity contribution in [1.29, 1.82) is 0 Å². The Morgan fingerprint density at radius 3 is 2.86 bits per heavy atom. The number of fused-ring (bicyclic) bond motifs is 1. The molecule has 154 valence electrons. The molecule has 1 amide bonds. The molecule has 1 aliphatic heterocycles. The van der Waals surface area contributed by atoms with E-state index < -0.39 is 15.9 Å². The number of piperidine rings is 1. The van der Waals surface area contributed by atoms with Gasteiger partial charge in [-0.2, -0.15) is 4.31 Å². The van der Waals surface area contributed by atoms with E-state index in [4.69, 9.17) is 16.3 Å². The number of anilines is 1. The summed E-state index contributed by atoms with van der Waals surface area (Å²) in [7, 11) is -2.08. The van der Waals surface area contributed by atoms with Crippen molar-refractivity contribution in [2.75, 3.05) is 25.5 Å². The number of amides is 1. The van der Waals surface area contributed by atoms with Gasteiger partial charge in [-0.15, -0.1) is 11.3 Å². The minimum absolute atomic E-state index is 0.137. The maximum atomic E-state index is 12.8. The van der Waals surface area contributed by atoms with E-state index in [0.717, 1.165) is 16.0 Å². The highest BCUT2D eigenvalue weighted by Gasteiger charge is 2.34. The molecule has 3 aromatic rings. The number of benzene rings is 1. The van der Waals surface area contributed by atoms with Crippen molar-refractivity contribution in [2.24, 2.45) is 5.92 Å². The van der Waals surface area contributed by atoms with Gasteiger partial charge in [-0.1, -0.05) is 29.0 Å². The van der Waals surface area contributed by atoms with Gasteiger partial charge in [-0.25, -0.2) is 13.4 Å². The third kappa shape index (κ3) is 4.13. The lowest BCUT2D eigenvalue weighted by atomic mass is 9.99. The standard InChI is InChI=1S/C18H18ClN3O4S3/c1-26-12-5-2-6-13-16(12)20-18(27-13)21-17(23)11-4-3-9-22(10-11)29(24,25)15-8-7-14(19)28-15/h2,5-8,11H,3-4,9-10H2,1H3,(H,20,21,23). The Labute approximate surface area is 181 Å². The van der Waals surface area contributed by atoms with Crippen LogP contribution in [0.2, 0.25) is 4.34 Å². The molecule has 1 atom stereocenters. The second kappa shape index (κ2) is 8.19. The zero-order valence-electron chi connectivity index (χ0n) is 15.4. The van der Waals surface area contributed by atoms with Crippen molar-refractivity contribution >= 4 is 65.6 Å². The average Bonchev–Trinajstić information content (AvgIpc) is 3.33. The number of methoxy groups -OCH3 is 1. The molecule has 0 saturated carbocycles. The third-order valence-corrected chi connectivity index (χ3v) is 9.23. The summed E-state index contributed by atoms with van der Waals surface area (Å²) in [4.78, 5) is 17.2. The first-order valence-corrected chi connectivity index (χ1v) is 12.3. The Bertz CT molecular complexity index is 1160. The molecule has 2 aromatic heterocycles. The molecule has 4 rings (SSSR count). The second-order valence-electron chi connectivity index (χ2n) is 6.58. The molecule has 1 aliphatic rings. The maximum absolute atomic E-state index is 12.8. The topological polar surface area (TPSA) is 88.6 Å². The summed E-state index contributed by atoms with van der Waals surface area (Å²) in [6, 6.07) is 8.65. The smallest absolute Gasteiger partial charge is 0.252 e. The molecule has 0 bridgehead atoms. The molecule has 7 nitrogen and oxygen atoms in total. The van der Waals surface area contributed by atoms with Crippen molar-refractivity contribution in [3.05, 3.63) is 34.7 Å². The first-order chi connectivity index (χ1) is 13.9. The number of carbonyl (C=O) groups is 1. The van der Waals surface area contributed by atoms with Crippen molar-refractivity contribution in [2.45, 2.75) is 17.1 Å². The number of nitrogens with one attached hydrogen (secondary N) is 1. The van der Waals surface area contributed by atoms with Crippen molar-refractivity contribution in [3.63, 3.8) is 0 Å². The Hall–Kier alpha value is -1.72. The summed E-state index contributed by atoms with van der Waals surface area (Å²) in [5.41, 5.74) is 0.692. The Morgan fingerprint density at radius 1 is 1.31 bits per heavy atom. The molecule has 11 heteroatoms. The van der Waals surface area contributed by atoms with E-state index in [2.05, 4.69) is 10.3 Å². The van der Waals surface area contributed by atoms with E-state index in [1.54, 1.807) is 13.2 Å². The number of aromatic nitrogens is 1. The Balaban J connectivity index is 1.49. The van der Waals surface area contributed by atoms with Gasteiger partial charge >= 0.3 is 0 Å². The summed E-state index contributed by atoms with van der Waals surface area (Å²) in [5.74, 6) is -0.0289. The molecule has 1 fully saturated rings. The largest absolute Gasteiger partial charge is 0.494 e. The van der Waals surface area contributed by atoms with E-state index in [1.165, 1.54) is 21.7 Å². The van der Waals surface area contributed by atoms with E-state index in [-0.39, 0.29) is 16.7 Å². The van der Waals surface area contributed by atoms with Gasteiger partial charge in [0, 0.05) is 13.1 Å². The van der Waals surface area contributed by atoms with Gasteiger partial charge in [-0.05, 0) is 37.1 Å². The van der Waals surface area contributed by atoms with Gasteiger partial charge in [0.05, 0.1) is 22.1 Å². The highest BCUT2D eigenvalue weighted by Crippen LogP contribution is 2.33. The normalized spacial score (nSPS) is 18.1. The SMILES string of the molecule is COc1cccc2sc(NC(=O)C3CCCN(S(=O)(=O)c4ccc(Cl)s4)C3)nc12. The van der Waals surface area contributed by atoms with E-state index in [1.807, 2.05) is 18.2 Å². The van der Waals surface area contributed by atoms with Crippen LogP contribution in [-0.2, 0) is 14.8 Å². The molecule has 1 N–H and O–H groups in total. The second-order valence-corrected chi connectivity index (χ2v) is 11.5. The Morgan fingerprint density at radius 2 is 2.14 bits per heavy atom. The molecule has 0 spiro atoms. The number of thiazole rings is 1. The average molecular weight is 472 g/mol. The first-order valence-electron chi connectivity index (χ1n) is 8.88. The van der Waals surface area contributed by atoms with Crippen LogP contribution in [0.5, 0.6) is 5.75 Å². The van der Waals surface area contributed by atoms with E-state index in [0.29, 0.717) is 40.1 Å². The van der Waals surface area contributed by atoms with E-state index >= 15 is 0 Å². The number of hydrogen-bond donors (Lipinski definition) is 1. The Kier molecular flexibility index (Phi) is 5.80. The van der Waals surface area contributed by atoms with Gasteiger partial charge < -0.3 is 10.1 Å². The quantitative estimate of drug-likeness (QED) is 0.606. The number of rotatable bonds is 5. The van der Waals surface area contributed by atoms with Gasteiger partial charge in [0.15, 0.2) is 5.13 Å². The fourth-order valence-electron chi connectivity index (χ4n) is 3.29. The van der Waals surface area contributed by atoms with Crippen molar-refractivity contribution in [1.82, 2.24) is 9.29 Å². The fraction of sp³-hybridized carbons (Fsp3) is 0.333. The number of ether oxygens (including phenoxy) is 1. The van der Waals surface area contributed by atoms with Crippen LogP contribution in [0.1, 0.15) is 12.8 Å². The van der Waals surface area contributed by atoms with Crippen molar-refractivity contribution < 1.29 is 17.9 Å². The van der Waals surface area contributed by atoms with Gasteiger partial charge in [0.25, 0.3) is 10.0 Å².